The van der Waals surface area contributed by atoms with Crippen LogP contribution in [0.1, 0.15) is 17.3 Å². The van der Waals surface area contributed by atoms with E-state index in [2.05, 4.69) is 0 Å². The van der Waals surface area contributed by atoms with E-state index in [0.29, 0.717) is 10.9 Å². The predicted molar refractivity (Wildman–Crippen MR) is 54.2 cm³/mol. The summed E-state index contributed by atoms with van der Waals surface area (Å²) >= 11 is 0. The summed E-state index contributed by atoms with van der Waals surface area (Å²) in [5.41, 5.74) is 0.0182. The third-order valence-corrected chi connectivity index (χ3v) is 2.13. The van der Waals surface area contributed by atoms with E-state index in [1.807, 2.05) is 0 Å². The van der Waals surface area contributed by atoms with Crippen molar-refractivity contribution in [3.63, 3.8) is 0 Å². The largest absolute Gasteiger partial charge is 0.507 e. The number of rotatable bonds is 1. The van der Waals surface area contributed by atoms with Crippen LogP contribution < -0.4 is 5.63 Å². The van der Waals surface area contributed by atoms with Crippen LogP contribution in [0.3, 0.4) is 0 Å². The number of Topliss-reactive ketones (excluding diaryl/α,β-unsaturated/α-hetero) is 1. The van der Waals surface area contributed by atoms with Crippen LogP contribution in [0.2, 0.25) is 0 Å². The Morgan fingerprint density at radius 2 is 2.07 bits per heavy atom. The van der Waals surface area contributed by atoms with Crippen LogP contribution in [-0.4, -0.2) is 10.9 Å². The van der Waals surface area contributed by atoms with E-state index in [1.54, 1.807) is 12.1 Å². The van der Waals surface area contributed by atoms with Crippen LogP contribution >= 0.6 is 0 Å². The van der Waals surface area contributed by atoms with Crippen molar-refractivity contribution in [2.24, 2.45) is 0 Å². The van der Waals surface area contributed by atoms with Gasteiger partial charge in [0, 0.05) is 5.56 Å². The second kappa shape index (κ2) is 3.24. The van der Waals surface area contributed by atoms with E-state index in [-0.39, 0.29) is 17.1 Å². The summed E-state index contributed by atoms with van der Waals surface area (Å²) < 4.78 is 4.87. The second-order valence-electron chi connectivity index (χ2n) is 3.22. The van der Waals surface area contributed by atoms with Crippen LogP contribution in [0.25, 0.3) is 11.0 Å². The van der Waals surface area contributed by atoms with Gasteiger partial charge in [-0.15, -0.1) is 0 Å². The standard InChI is InChI=1S/C11H8O4/c1-6(12)7-2-3-8-9(13)5-11(14)15-10(8)4-7/h2-5,13H,1H3. The fourth-order valence-electron chi connectivity index (χ4n) is 1.36. The van der Waals surface area contributed by atoms with Crippen LogP contribution in [-0.2, 0) is 0 Å². The highest BCUT2D eigenvalue weighted by atomic mass is 16.4. The van der Waals surface area contributed by atoms with Gasteiger partial charge in [-0.05, 0) is 19.1 Å². The van der Waals surface area contributed by atoms with Gasteiger partial charge in [-0.2, -0.15) is 0 Å². The maximum atomic E-state index is 11.1. The Morgan fingerprint density at radius 3 is 2.73 bits per heavy atom. The first-order valence-corrected chi connectivity index (χ1v) is 4.36. The number of fused-ring (bicyclic) bond motifs is 1. The third kappa shape index (κ3) is 1.61. The fourth-order valence-corrected chi connectivity index (χ4v) is 1.36. The van der Waals surface area contributed by atoms with Gasteiger partial charge in [-0.3, -0.25) is 4.79 Å². The summed E-state index contributed by atoms with van der Waals surface area (Å²) in [5.74, 6) is -0.265. The van der Waals surface area contributed by atoms with Crippen molar-refractivity contribution in [2.45, 2.75) is 6.92 Å². The van der Waals surface area contributed by atoms with Crippen molar-refractivity contribution in [2.75, 3.05) is 0 Å². The lowest BCUT2D eigenvalue weighted by Gasteiger charge is -2.00. The Balaban J connectivity index is 2.82. The quantitative estimate of drug-likeness (QED) is 0.567. The van der Waals surface area contributed by atoms with Crippen molar-refractivity contribution >= 4 is 16.8 Å². The molecule has 0 fully saturated rings. The van der Waals surface area contributed by atoms with E-state index in [4.69, 9.17) is 4.42 Å². The molecule has 1 heterocycles. The lowest BCUT2D eigenvalue weighted by Crippen LogP contribution is -1.97. The van der Waals surface area contributed by atoms with E-state index in [0.717, 1.165) is 6.07 Å². The first-order chi connectivity index (χ1) is 7.08. The van der Waals surface area contributed by atoms with Gasteiger partial charge in [0.25, 0.3) is 0 Å². The molecular formula is C11H8O4. The normalized spacial score (nSPS) is 10.5. The predicted octanol–water partition coefficient (Wildman–Crippen LogP) is 1.70. The molecule has 0 unspecified atom stereocenters. The monoisotopic (exact) mass is 204 g/mol. The maximum absolute atomic E-state index is 11.1. The molecule has 0 bridgehead atoms. The van der Waals surface area contributed by atoms with E-state index < -0.39 is 5.63 Å². The zero-order valence-electron chi connectivity index (χ0n) is 7.98. The summed E-state index contributed by atoms with van der Waals surface area (Å²) in [6, 6.07) is 5.56. The molecule has 0 atom stereocenters. The van der Waals surface area contributed by atoms with Crippen molar-refractivity contribution in [1.29, 1.82) is 0 Å². The molecule has 0 aliphatic rings. The molecule has 0 saturated carbocycles. The summed E-state index contributed by atoms with van der Waals surface area (Å²) in [4.78, 5) is 22.1. The smallest absolute Gasteiger partial charge is 0.339 e. The average molecular weight is 204 g/mol. The zero-order chi connectivity index (χ0) is 11.0. The molecule has 0 aliphatic heterocycles. The Bertz CT molecular complexity index is 595. The summed E-state index contributed by atoms with van der Waals surface area (Å²) in [6.07, 6.45) is 0. The van der Waals surface area contributed by atoms with Crippen molar-refractivity contribution in [1.82, 2.24) is 0 Å². The van der Waals surface area contributed by atoms with E-state index in [1.165, 1.54) is 13.0 Å². The number of ketones is 1. The molecule has 1 N–H and O–H groups in total. The molecule has 0 amide bonds. The van der Waals surface area contributed by atoms with Crippen molar-refractivity contribution in [3.8, 4) is 5.75 Å². The average Bonchev–Trinajstić information content (AvgIpc) is 2.16. The molecule has 0 aliphatic carbocycles. The number of hydrogen-bond donors (Lipinski definition) is 1. The SMILES string of the molecule is CC(=O)c1ccc2c(O)cc(=O)oc2c1. The molecule has 1 aromatic heterocycles. The van der Waals surface area contributed by atoms with Gasteiger partial charge in [0.05, 0.1) is 11.5 Å². The molecule has 0 saturated heterocycles. The highest BCUT2D eigenvalue weighted by molar-refractivity contribution is 5.98. The van der Waals surface area contributed by atoms with Crippen LogP contribution in [0.4, 0.5) is 0 Å². The van der Waals surface area contributed by atoms with Gasteiger partial charge in [-0.25, -0.2) is 4.79 Å². The number of benzene rings is 1. The van der Waals surface area contributed by atoms with Gasteiger partial charge in [0.2, 0.25) is 0 Å². The lowest BCUT2D eigenvalue weighted by molar-refractivity contribution is 0.101. The molecule has 2 rings (SSSR count). The summed E-state index contributed by atoms with van der Waals surface area (Å²) in [5, 5.41) is 9.85. The van der Waals surface area contributed by atoms with Gasteiger partial charge < -0.3 is 9.52 Å². The fraction of sp³-hybridized carbons (Fsp3) is 0.0909. The number of carbonyl (C=O) groups is 1. The number of carbonyl (C=O) groups excluding carboxylic acids is 1. The molecular weight excluding hydrogens is 196 g/mol. The third-order valence-electron chi connectivity index (χ3n) is 2.13. The van der Waals surface area contributed by atoms with Gasteiger partial charge in [0.15, 0.2) is 5.78 Å². The highest BCUT2D eigenvalue weighted by Crippen LogP contribution is 2.23. The molecule has 4 heteroatoms. The van der Waals surface area contributed by atoms with Gasteiger partial charge >= 0.3 is 5.63 Å². The van der Waals surface area contributed by atoms with Gasteiger partial charge in [0.1, 0.15) is 11.3 Å². The minimum atomic E-state index is -0.638. The Labute approximate surface area is 84.8 Å². The summed E-state index contributed by atoms with van der Waals surface area (Å²) in [6.45, 7) is 1.42. The molecule has 76 valence electrons. The highest BCUT2D eigenvalue weighted by Gasteiger charge is 2.06. The van der Waals surface area contributed by atoms with Crippen LogP contribution in [0.5, 0.6) is 5.75 Å². The Morgan fingerprint density at radius 1 is 1.33 bits per heavy atom. The van der Waals surface area contributed by atoms with E-state index >= 15 is 0 Å². The first kappa shape index (κ1) is 9.45. The number of hydrogen-bond acceptors (Lipinski definition) is 4. The first-order valence-electron chi connectivity index (χ1n) is 4.36. The second-order valence-corrected chi connectivity index (χ2v) is 3.22. The minimum Gasteiger partial charge on any atom is -0.507 e. The molecule has 0 radical (unpaired) electrons. The minimum absolute atomic E-state index is 0.122. The molecule has 1 aromatic carbocycles. The topological polar surface area (TPSA) is 67.5 Å². The molecule has 0 spiro atoms. The Kier molecular flexibility index (Phi) is 2.04. The Hall–Kier alpha value is -2.10. The van der Waals surface area contributed by atoms with Crippen LogP contribution in [0.15, 0.2) is 33.5 Å². The maximum Gasteiger partial charge on any atom is 0.339 e. The van der Waals surface area contributed by atoms with Crippen LogP contribution in [0, 0.1) is 0 Å². The molecule has 15 heavy (non-hydrogen) atoms. The van der Waals surface area contributed by atoms with Crippen molar-refractivity contribution < 1.29 is 14.3 Å². The van der Waals surface area contributed by atoms with E-state index in [9.17, 15) is 14.7 Å². The zero-order valence-corrected chi connectivity index (χ0v) is 7.98. The van der Waals surface area contributed by atoms with Crippen molar-refractivity contribution in [3.05, 3.63) is 40.2 Å². The summed E-state index contributed by atoms with van der Waals surface area (Å²) in [7, 11) is 0. The lowest BCUT2D eigenvalue weighted by atomic mass is 10.1. The molecule has 2 aromatic rings. The van der Waals surface area contributed by atoms with Gasteiger partial charge in [-0.1, -0.05) is 6.07 Å². The molecule has 4 nitrogen and oxygen atoms in total. The number of aromatic hydroxyl groups is 1.